The zero-order chi connectivity index (χ0) is 15.0. The normalized spacial score (nSPS) is 15.2. The topological polar surface area (TPSA) is 23.5 Å². The number of hydrogen-bond donors (Lipinski definition) is 1. The Labute approximate surface area is 116 Å². The van der Waals surface area contributed by atoms with Crippen molar-refractivity contribution in [2.24, 2.45) is 5.41 Å². The highest BCUT2D eigenvalue weighted by molar-refractivity contribution is 5.57. The van der Waals surface area contributed by atoms with Gasteiger partial charge in [-0.2, -0.15) is 0 Å². The highest BCUT2D eigenvalue weighted by Gasteiger charge is 2.26. The van der Waals surface area contributed by atoms with Crippen LogP contribution < -0.4 is 4.90 Å². The summed E-state index contributed by atoms with van der Waals surface area (Å²) >= 11 is 0. The predicted octanol–water partition coefficient (Wildman–Crippen LogP) is 4.06. The molecule has 0 aliphatic rings. The van der Waals surface area contributed by atoms with E-state index < -0.39 is 6.10 Å². The minimum atomic E-state index is -0.681. The lowest BCUT2D eigenvalue weighted by atomic mass is 9.86. The van der Waals surface area contributed by atoms with Gasteiger partial charge in [0.05, 0.1) is 6.10 Å². The third kappa shape index (κ3) is 3.47. The third-order valence-electron chi connectivity index (χ3n) is 3.97. The van der Waals surface area contributed by atoms with Gasteiger partial charge in [-0.3, -0.25) is 0 Å². The molecule has 1 unspecified atom stereocenters. The Hall–Kier alpha value is -1.09. The lowest BCUT2D eigenvalue weighted by molar-refractivity contribution is 0.198. The van der Waals surface area contributed by atoms with Crippen molar-refractivity contribution >= 4 is 5.69 Å². The second kappa shape index (κ2) is 5.49. The smallest absolute Gasteiger partial charge is 0.126 e. The molecule has 0 radical (unpaired) electrons. The molecular formula is C16H26FNO. The number of benzene rings is 1. The van der Waals surface area contributed by atoms with Crippen LogP contribution >= 0.6 is 0 Å². The Kier molecular flexibility index (Phi) is 4.62. The molecule has 0 bridgehead atoms. The Morgan fingerprint density at radius 1 is 1.21 bits per heavy atom. The van der Waals surface area contributed by atoms with Crippen molar-refractivity contribution in [1.82, 2.24) is 0 Å². The van der Waals surface area contributed by atoms with E-state index in [1.165, 1.54) is 6.07 Å². The number of anilines is 1. The number of nitrogens with zero attached hydrogens (tertiary/aromatic N) is 1. The van der Waals surface area contributed by atoms with Crippen LogP contribution in [0.2, 0.25) is 0 Å². The molecule has 3 heteroatoms. The predicted molar refractivity (Wildman–Crippen MR) is 79.1 cm³/mol. The standard InChI is InChI=1S/C16H26FNO/c1-10-8-15(13(11(2)19)9-14(10)17)18(7)12(3)16(4,5)6/h8-9,11-12,19H,1-7H3/t11-,12?/m0/s1. The highest BCUT2D eigenvalue weighted by Crippen LogP contribution is 2.33. The van der Waals surface area contributed by atoms with Gasteiger partial charge < -0.3 is 10.0 Å². The summed E-state index contributed by atoms with van der Waals surface area (Å²) in [5.41, 5.74) is 2.25. The van der Waals surface area contributed by atoms with Gasteiger partial charge in [0.2, 0.25) is 0 Å². The number of aliphatic hydroxyl groups is 1. The summed E-state index contributed by atoms with van der Waals surface area (Å²) in [5.74, 6) is -0.267. The Balaban J connectivity index is 3.29. The largest absolute Gasteiger partial charge is 0.389 e. The quantitative estimate of drug-likeness (QED) is 0.892. The first kappa shape index (κ1) is 16.0. The van der Waals surface area contributed by atoms with Gasteiger partial charge in [-0.1, -0.05) is 20.8 Å². The highest BCUT2D eigenvalue weighted by atomic mass is 19.1. The van der Waals surface area contributed by atoms with Crippen LogP contribution in [0.1, 0.15) is 51.8 Å². The molecule has 0 fully saturated rings. The van der Waals surface area contributed by atoms with E-state index in [-0.39, 0.29) is 17.3 Å². The lowest BCUT2D eigenvalue weighted by Crippen LogP contribution is -2.40. The molecule has 1 aromatic rings. The van der Waals surface area contributed by atoms with Crippen molar-refractivity contribution < 1.29 is 9.50 Å². The second-order valence-corrected chi connectivity index (χ2v) is 6.49. The number of rotatable bonds is 3. The Bertz CT molecular complexity index is 449. The molecule has 0 aliphatic heterocycles. The number of hydrogen-bond acceptors (Lipinski definition) is 2. The van der Waals surface area contributed by atoms with Crippen LogP contribution in [0.25, 0.3) is 0 Å². The lowest BCUT2D eigenvalue weighted by Gasteiger charge is -2.38. The fraction of sp³-hybridized carbons (Fsp3) is 0.625. The van der Waals surface area contributed by atoms with Crippen LogP contribution in [-0.2, 0) is 0 Å². The molecule has 2 atom stereocenters. The average Bonchev–Trinajstić information content (AvgIpc) is 2.28. The minimum absolute atomic E-state index is 0.104. The molecular weight excluding hydrogens is 241 g/mol. The van der Waals surface area contributed by atoms with Gasteiger partial charge in [-0.15, -0.1) is 0 Å². The molecule has 1 aromatic carbocycles. The van der Waals surface area contributed by atoms with Gasteiger partial charge in [0.1, 0.15) is 5.82 Å². The molecule has 0 spiro atoms. The van der Waals surface area contributed by atoms with Crippen molar-refractivity contribution in [3.63, 3.8) is 0 Å². The van der Waals surface area contributed by atoms with Gasteiger partial charge in [0.15, 0.2) is 0 Å². The third-order valence-corrected chi connectivity index (χ3v) is 3.97. The van der Waals surface area contributed by atoms with E-state index in [0.29, 0.717) is 11.1 Å². The fourth-order valence-electron chi connectivity index (χ4n) is 2.11. The van der Waals surface area contributed by atoms with E-state index >= 15 is 0 Å². The molecule has 0 amide bonds. The molecule has 0 heterocycles. The average molecular weight is 267 g/mol. The number of halogens is 1. The molecule has 0 aromatic heterocycles. The van der Waals surface area contributed by atoms with Crippen LogP contribution in [0, 0.1) is 18.2 Å². The summed E-state index contributed by atoms with van der Waals surface area (Å²) in [6, 6.07) is 3.54. The van der Waals surface area contributed by atoms with E-state index in [9.17, 15) is 9.50 Å². The summed E-state index contributed by atoms with van der Waals surface area (Å²) in [6.07, 6.45) is -0.681. The van der Waals surface area contributed by atoms with Crippen LogP contribution in [0.5, 0.6) is 0 Å². The minimum Gasteiger partial charge on any atom is -0.389 e. The summed E-state index contributed by atoms with van der Waals surface area (Å²) < 4.78 is 13.7. The van der Waals surface area contributed by atoms with Crippen molar-refractivity contribution in [1.29, 1.82) is 0 Å². The Morgan fingerprint density at radius 3 is 2.16 bits per heavy atom. The summed E-state index contributed by atoms with van der Waals surface area (Å²) in [6.45, 7) is 12.1. The zero-order valence-corrected chi connectivity index (χ0v) is 13.1. The number of aryl methyl sites for hydroxylation is 1. The van der Waals surface area contributed by atoms with E-state index in [0.717, 1.165) is 5.69 Å². The van der Waals surface area contributed by atoms with Gasteiger partial charge in [-0.25, -0.2) is 4.39 Å². The molecule has 1 N–H and O–H groups in total. The van der Waals surface area contributed by atoms with E-state index in [4.69, 9.17) is 0 Å². The SMILES string of the molecule is Cc1cc(N(C)C(C)C(C)(C)C)c([C@H](C)O)cc1F. The van der Waals surface area contributed by atoms with E-state index in [2.05, 4.69) is 32.6 Å². The molecule has 1 rings (SSSR count). The summed E-state index contributed by atoms with van der Waals surface area (Å²) in [5, 5.41) is 9.86. The van der Waals surface area contributed by atoms with Gasteiger partial charge >= 0.3 is 0 Å². The van der Waals surface area contributed by atoms with Crippen molar-refractivity contribution in [2.75, 3.05) is 11.9 Å². The van der Waals surface area contributed by atoms with Gasteiger partial charge in [0.25, 0.3) is 0 Å². The number of aliphatic hydroxyl groups excluding tert-OH is 1. The summed E-state index contributed by atoms with van der Waals surface area (Å²) in [7, 11) is 1.99. The maximum Gasteiger partial charge on any atom is 0.126 e. The second-order valence-electron chi connectivity index (χ2n) is 6.49. The van der Waals surface area contributed by atoms with Gasteiger partial charge in [0, 0.05) is 24.3 Å². The molecule has 0 aliphatic carbocycles. The molecule has 0 saturated heterocycles. The first-order chi connectivity index (χ1) is 8.55. The van der Waals surface area contributed by atoms with E-state index in [1.807, 2.05) is 13.1 Å². The molecule has 0 saturated carbocycles. The van der Waals surface area contributed by atoms with Gasteiger partial charge in [-0.05, 0) is 43.9 Å². The molecule has 19 heavy (non-hydrogen) atoms. The first-order valence-electron chi connectivity index (χ1n) is 6.76. The van der Waals surface area contributed by atoms with Crippen molar-refractivity contribution in [2.45, 2.75) is 53.7 Å². The van der Waals surface area contributed by atoms with Crippen LogP contribution in [0.3, 0.4) is 0 Å². The fourth-order valence-corrected chi connectivity index (χ4v) is 2.11. The van der Waals surface area contributed by atoms with Crippen LogP contribution in [0.15, 0.2) is 12.1 Å². The van der Waals surface area contributed by atoms with Crippen molar-refractivity contribution in [3.8, 4) is 0 Å². The molecule has 2 nitrogen and oxygen atoms in total. The van der Waals surface area contributed by atoms with E-state index in [1.54, 1.807) is 13.8 Å². The maximum absolute atomic E-state index is 13.7. The Morgan fingerprint density at radius 2 is 1.74 bits per heavy atom. The first-order valence-corrected chi connectivity index (χ1v) is 6.76. The van der Waals surface area contributed by atoms with Crippen LogP contribution in [0.4, 0.5) is 10.1 Å². The summed E-state index contributed by atoms with van der Waals surface area (Å²) in [4.78, 5) is 2.12. The van der Waals surface area contributed by atoms with Crippen LogP contribution in [-0.4, -0.2) is 18.2 Å². The molecule has 108 valence electrons. The van der Waals surface area contributed by atoms with Crippen molar-refractivity contribution in [3.05, 3.63) is 29.1 Å². The maximum atomic E-state index is 13.7. The zero-order valence-electron chi connectivity index (χ0n) is 13.1. The monoisotopic (exact) mass is 267 g/mol.